The first-order valence-electron chi connectivity index (χ1n) is 7.57. The molecule has 1 aromatic heterocycles. The lowest BCUT2D eigenvalue weighted by Gasteiger charge is -2.26. The highest BCUT2D eigenvalue weighted by Gasteiger charge is 2.16. The highest BCUT2D eigenvalue weighted by Crippen LogP contribution is 2.15. The molecule has 0 aliphatic heterocycles. The monoisotopic (exact) mass is 300 g/mol. The highest BCUT2D eigenvalue weighted by atomic mass is 16.5. The lowest BCUT2D eigenvalue weighted by Crippen LogP contribution is -2.34. The molecule has 1 heterocycles. The van der Waals surface area contributed by atoms with Gasteiger partial charge in [0.2, 0.25) is 0 Å². The number of aliphatic hydroxyl groups excluding tert-OH is 1. The number of aliphatic hydroxyl groups is 1. The van der Waals surface area contributed by atoms with E-state index < -0.39 is 6.10 Å². The van der Waals surface area contributed by atoms with Crippen molar-refractivity contribution in [3.63, 3.8) is 0 Å². The molecule has 0 fully saturated rings. The molecule has 0 aliphatic rings. The van der Waals surface area contributed by atoms with E-state index in [0.717, 1.165) is 11.3 Å². The number of hydrogen-bond donors (Lipinski definition) is 1. The summed E-state index contributed by atoms with van der Waals surface area (Å²) < 4.78 is 5.58. The Morgan fingerprint density at radius 3 is 2.55 bits per heavy atom. The average molecular weight is 300 g/mol. The molecule has 0 amide bonds. The van der Waals surface area contributed by atoms with Gasteiger partial charge in [-0.1, -0.05) is 36.4 Å². The van der Waals surface area contributed by atoms with Crippen molar-refractivity contribution >= 4 is 0 Å². The van der Waals surface area contributed by atoms with E-state index in [1.807, 2.05) is 55.6 Å². The van der Waals surface area contributed by atoms with Gasteiger partial charge in [-0.3, -0.25) is 9.88 Å². The van der Waals surface area contributed by atoms with Gasteiger partial charge >= 0.3 is 0 Å². The Balaban J connectivity index is 1.73. The third-order valence-electron chi connectivity index (χ3n) is 3.70. The van der Waals surface area contributed by atoms with Crippen LogP contribution < -0.4 is 0 Å². The summed E-state index contributed by atoms with van der Waals surface area (Å²) in [5, 5.41) is 10.1. The summed E-state index contributed by atoms with van der Waals surface area (Å²) >= 11 is 0. The second-order valence-electron chi connectivity index (χ2n) is 5.52. The number of likely N-dealkylation sites (N-methyl/N-ethyl adjacent to an activating group) is 1. The van der Waals surface area contributed by atoms with Gasteiger partial charge in [-0.25, -0.2) is 0 Å². The van der Waals surface area contributed by atoms with Crippen LogP contribution in [0.4, 0.5) is 0 Å². The van der Waals surface area contributed by atoms with Gasteiger partial charge in [0.25, 0.3) is 0 Å². The molecule has 4 heteroatoms. The molecule has 1 N–H and O–H groups in total. The molecule has 0 bridgehead atoms. The molecule has 2 aromatic rings. The van der Waals surface area contributed by atoms with Crippen molar-refractivity contribution < 1.29 is 9.84 Å². The van der Waals surface area contributed by atoms with E-state index in [9.17, 15) is 5.11 Å². The third kappa shape index (κ3) is 5.22. The molecule has 0 saturated carbocycles. The van der Waals surface area contributed by atoms with E-state index in [1.54, 1.807) is 6.20 Å². The Hall–Kier alpha value is -1.75. The molecule has 0 aliphatic carbocycles. The maximum absolute atomic E-state index is 10.1. The number of hydrogen-bond acceptors (Lipinski definition) is 4. The fourth-order valence-electron chi connectivity index (χ4n) is 2.28. The van der Waals surface area contributed by atoms with Crippen molar-refractivity contribution in [1.29, 1.82) is 0 Å². The molecule has 2 unspecified atom stereocenters. The first-order valence-corrected chi connectivity index (χ1v) is 7.57. The normalized spacial score (nSPS) is 14.0. The molecule has 2 rings (SSSR count). The van der Waals surface area contributed by atoms with Crippen LogP contribution >= 0.6 is 0 Å². The van der Waals surface area contributed by atoms with Crippen molar-refractivity contribution in [3.8, 4) is 0 Å². The summed E-state index contributed by atoms with van der Waals surface area (Å²) in [7, 11) is 1.99. The van der Waals surface area contributed by atoms with Gasteiger partial charge in [0, 0.05) is 18.8 Å². The van der Waals surface area contributed by atoms with Crippen LogP contribution in [-0.4, -0.2) is 41.3 Å². The topological polar surface area (TPSA) is 45.6 Å². The Bertz CT molecular complexity index is 533. The van der Waals surface area contributed by atoms with Gasteiger partial charge in [0.1, 0.15) is 0 Å². The Morgan fingerprint density at radius 1 is 1.14 bits per heavy atom. The molecule has 0 spiro atoms. The number of aromatic nitrogens is 1. The fourth-order valence-corrected chi connectivity index (χ4v) is 2.28. The smallest absolute Gasteiger partial charge is 0.0900 e. The van der Waals surface area contributed by atoms with Crippen LogP contribution in [0.15, 0.2) is 54.7 Å². The van der Waals surface area contributed by atoms with Gasteiger partial charge < -0.3 is 9.84 Å². The zero-order valence-corrected chi connectivity index (χ0v) is 13.2. The predicted molar refractivity (Wildman–Crippen MR) is 87.4 cm³/mol. The van der Waals surface area contributed by atoms with Gasteiger partial charge in [0.05, 0.1) is 25.0 Å². The minimum Gasteiger partial charge on any atom is -0.389 e. The first kappa shape index (κ1) is 16.6. The summed E-state index contributed by atoms with van der Waals surface area (Å²) in [6.45, 7) is 3.48. The van der Waals surface area contributed by atoms with Gasteiger partial charge in [-0.2, -0.15) is 0 Å². The van der Waals surface area contributed by atoms with Crippen LogP contribution in [0.5, 0.6) is 0 Å². The summed E-state index contributed by atoms with van der Waals surface area (Å²) in [6.07, 6.45) is 1.28. The summed E-state index contributed by atoms with van der Waals surface area (Å²) in [4.78, 5) is 6.44. The maximum Gasteiger partial charge on any atom is 0.0900 e. The number of benzene rings is 1. The van der Waals surface area contributed by atoms with Crippen LogP contribution in [0.1, 0.15) is 24.2 Å². The molecule has 0 saturated heterocycles. The fraction of sp³-hybridized carbons (Fsp3) is 0.389. The van der Waals surface area contributed by atoms with Crippen molar-refractivity contribution in [2.24, 2.45) is 0 Å². The number of nitrogens with zero attached hydrogens (tertiary/aromatic N) is 2. The number of ether oxygens (including phenoxy) is 1. The molecule has 4 nitrogen and oxygen atoms in total. The third-order valence-corrected chi connectivity index (χ3v) is 3.70. The van der Waals surface area contributed by atoms with Gasteiger partial charge in [-0.05, 0) is 31.7 Å². The lowest BCUT2D eigenvalue weighted by molar-refractivity contribution is 0.00829. The molecule has 2 atom stereocenters. The lowest BCUT2D eigenvalue weighted by atomic mass is 10.2. The molecule has 0 radical (unpaired) electrons. The highest BCUT2D eigenvalue weighted by molar-refractivity contribution is 5.13. The van der Waals surface area contributed by atoms with E-state index in [0.29, 0.717) is 19.8 Å². The molecule has 22 heavy (non-hydrogen) atoms. The quantitative estimate of drug-likeness (QED) is 0.814. The summed E-state index contributed by atoms with van der Waals surface area (Å²) in [6, 6.07) is 16.0. The minimum atomic E-state index is -0.514. The van der Waals surface area contributed by atoms with Crippen molar-refractivity contribution in [2.75, 3.05) is 20.2 Å². The van der Waals surface area contributed by atoms with E-state index in [4.69, 9.17) is 4.74 Å². The number of pyridine rings is 1. The van der Waals surface area contributed by atoms with Gasteiger partial charge in [0.15, 0.2) is 0 Å². The Morgan fingerprint density at radius 2 is 1.86 bits per heavy atom. The Labute approximate surface area is 132 Å². The van der Waals surface area contributed by atoms with Crippen molar-refractivity contribution in [3.05, 3.63) is 66.0 Å². The Kier molecular flexibility index (Phi) is 6.52. The zero-order chi connectivity index (χ0) is 15.8. The van der Waals surface area contributed by atoms with Crippen molar-refractivity contribution in [1.82, 2.24) is 9.88 Å². The molecular weight excluding hydrogens is 276 g/mol. The SMILES string of the molecule is CC(c1ccccn1)N(C)CC(O)COCc1ccccc1. The number of rotatable bonds is 8. The summed E-state index contributed by atoms with van der Waals surface area (Å²) in [5.41, 5.74) is 2.12. The average Bonchev–Trinajstić information content (AvgIpc) is 2.56. The summed E-state index contributed by atoms with van der Waals surface area (Å²) in [5.74, 6) is 0. The minimum absolute atomic E-state index is 0.157. The van der Waals surface area contributed by atoms with E-state index in [2.05, 4.69) is 16.8 Å². The van der Waals surface area contributed by atoms with E-state index in [-0.39, 0.29) is 6.04 Å². The maximum atomic E-state index is 10.1. The molecule has 118 valence electrons. The largest absolute Gasteiger partial charge is 0.389 e. The molecular formula is C18H24N2O2. The first-order chi connectivity index (χ1) is 10.7. The van der Waals surface area contributed by atoms with E-state index >= 15 is 0 Å². The standard InChI is InChI=1S/C18H24N2O2/c1-15(18-10-6-7-11-19-18)20(2)12-17(21)14-22-13-16-8-4-3-5-9-16/h3-11,15,17,21H,12-14H2,1-2H3. The predicted octanol–water partition coefficient (Wildman–Crippen LogP) is 2.65. The van der Waals surface area contributed by atoms with Crippen LogP contribution in [0.2, 0.25) is 0 Å². The van der Waals surface area contributed by atoms with Crippen LogP contribution in [0.25, 0.3) is 0 Å². The van der Waals surface area contributed by atoms with Gasteiger partial charge in [-0.15, -0.1) is 0 Å². The second kappa shape index (κ2) is 8.63. The molecule has 1 aromatic carbocycles. The second-order valence-corrected chi connectivity index (χ2v) is 5.52. The van der Waals surface area contributed by atoms with Crippen LogP contribution in [-0.2, 0) is 11.3 Å². The zero-order valence-electron chi connectivity index (χ0n) is 13.2. The van der Waals surface area contributed by atoms with Crippen molar-refractivity contribution in [2.45, 2.75) is 25.7 Å². The van der Waals surface area contributed by atoms with Crippen LogP contribution in [0, 0.1) is 0 Å². The van der Waals surface area contributed by atoms with E-state index in [1.165, 1.54) is 0 Å². The van der Waals surface area contributed by atoms with Crippen LogP contribution in [0.3, 0.4) is 0 Å².